The molecule has 6 rings (SSSR count). The minimum Gasteiger partial charge on any atom is -0.497 e. The fourth-order valence-electron chi connectivity index (χ4n) is 4.69. The maximum absolute atomic E-state index is 6.46. The Kier molecular flexibility index (Phi) is 3.67. The van der Waals surface area contributed by atoms with E-state index in [1.54, 1.807) is 18.4 Å². The first-order valence-electron chi connectivity index (χ1n) is 9.04. The number of fused-ring (bicyclic) bond motifs is 3. The molecule has 25 heavy (non-hydrogen) atoms. The molecule has 4 aliphatic rings. The van der Waals surface area contributed by atoms with Crippen molar-refractivity contribution in [3.05, 3.63) is 18.2 Å². The van der Waals surface area contributed by atoms with E-state index in [1.165, 1.54) is 25.9 Å². The second kappa shape index (κ2) is 5.81. The van der Waals surface area contributed by atoms with Gasteiger partial charge in [0.2, 0.25) is 0 Å². The molecular weight excluding hydrogens is 336 g/mol. The van der Waals surface area contributed by atoms with Crippen molar-refractivity contribution in [3.8, 4) is 5.75 Å². The number of ether oxygens (including phenoxy) is 2. The number of rotatable bonds is 2. The fraction of sp³-hybridized carbons (Fsp3) is 0.611. The van der Waals surface area contributed by atoms with Gasteiger partial charge in [-0.15, -0.1) is 0 Å². The van der Waals surface area contributed by atoms with Gasteiger partial charge in [0.1, 0.15) is 5.75 Å². The number of aromatic nitrogens is 1. The van der Waals surface area contributed by atoms with E-state index < -0.39 is 6.35 Å². The van der Waals surface area contributed by atoms with Crippen molar-refractivity contribution in [2.45, 2.75) is 31.2 Å². The predicted molar refractivity (Wildman–Crippen MR) is 99.1 cm³/mol. The van der Waals surface area contributed by atoms with Crippen molar-refractivity contribution in [3.63, 3.8) is 0 Å². The Bertz CT molecular complexity index is 788. The number of nitrogens with zero attached hydrogens (tertiary/aromatic N) is 3. The summed E-state index contributed by atoms with van der Waals surface area (Å²) in [5, 5.41) is 0.937. The van der Waals surface area contributed by atoms with Crippen molar-refractivity contribution in [1.82, 2.24) is 9.88 Å². The Labute approximate surface area is 151 Å². The van der Waals surface area contributed by atoms with E-state index in [1.807, 2.05) is 18.2 Å². The molecule has 0 radical (unpaired) electrons. The zero-order chi connectivity index (χ0) is 17.0. The molecule has 0 aliphatic carbocycles. The highest BCUT2D eigenvalue weighted by atomic mass is 32.1. The van der Waals surface area contributed by atoms with Crippen LogP contribution in [0.3, 0.4) is 0 Å². The molecule has 134 valence electrons. The van der Waals surface area contributed by atoms with E-state index in [9.17, 15) is 0 Å². The number of methoxy groups -OCH3 is 1. The van der Waals surface area contributed by atoms with Crippen LogP contribution in [0.5, 0.6) is 5.75 Å². The van der Waals surface area contributed by atoms with Crippen LogP contribution in [0, 0.1) is 5.92 Å². The van der Waals surface area contributed by atoms with Crippen molar-refractivity contribution in [2.75, 3.05) is 38.2 Å². The van der Waals surface area contributed by atoms with Gasteiger partial charge in [-0.3, -0.25) is 5.73 Å². The van der Waals surface area contributed by atoms with Gasteiger partial charge in [0.05, 0.1) is 22.9 Å². The third-order valence-electron chi connectivity index (χ3n) is 6.09. The molecule has 4 saturated heterocycles. The van der Waals surface area contributed by atoms with Gasteiger partial charge in [-0.2, -0.15) is 0 Å². The molecule has 1 aromatic heterocycles. The van der Waals surface area contributed by atoms with Crippen molar-refractivity contribution in [1.29, 1.82) is 0 Å². The van der Waals surface area contributed by atoms with Gasteiger partial charge < -0.3 is 19.3 Å². The van der Waals surface area contributed by atoms with Crippen molar-refractivity contribution < 1.29 is 9.47 Å². The van der Waals surface area contributed by atoms with Gasteiger partial charge in [0.15, 0.2) is 11.5 Å². The zero-order valence-electron chi connectivity index (χ0n) is 14.5. The lowest BCUT2D eigenvalue weighted by molar-refractivity contribution is -0.197. The first-order chi connectivity index (χ1) is 12.2. The van der Waals surface area contributed by atoms with Crippen LogP contribution in [-0.4, -0.2) is 55.1 Å². The lowest BCUT2D eigenvalue weighted by Crippen LogP contribution is -2.67. The van der Waals surface area contributed by atoms with Gasteiger partial charge in [0, 0.05) is 13.1 Å². The van der Waals surface area contributed by atoms with Gasteiger partial charge in [0.25, 0.3) is 0 Å². The highest BCUT2D eigenvalue weighted by molar-refractivity contribution is 7.22. The van der Waals surface area contributed by atoms with E-state index in [4.69, 9.17) is 20.2 Å². The summed E-state index contributed by atoms with van der Waals surface area (Å²) in [4.78, 5) is 9.41. The normalized spacial score (nSPS) is 34.8. The lowest BCUT2D eigenvalue weighted by Gasteiger charge is -2.57. The van der Waals surface area contributed by atoms with Crippen LogP contribution in [0.2, 0.25) is 0 Å². The lowest BCUT2D eigenvalue weighted by atomic mass is 9.73. The van der Waals surface area contributed by atoms with Crippen LogP contribution in [0.4, 0.5) is 5.13 Å². The minimum absolute atomic E-state index is 0.0493. The number of thiazole rings is 1. The van der Waals surface area contributed by atoms with Crippen LogP contribution < -0.4 is 15.4 Å². The Balaban J connectivity index is 1.39. The van der Waals surface area contributed by atoms with Crippen LogP contribution in [-0.2, 0) is 4.74 Å². The first-order valence-corrected chi connectivity index (χ1v) is 9.85. The molecule has 6 nitrogen and oxygen atoms in total. The molecule has 2 bridgehead atoms. The second-order valence-electron chi connectivity index (χ2n) is 7.40. The average Bonchev–Trinajstić information content (AvgIpc) is 3.05. The third-order valence-corrected chi connectivity index (χ3v) is 7.15. The van der Waals surface area contributed by atoms with E-state index in [0.717, 1.165) is 40.6 Å². The number of piperidine rings is 3. The second-order valence-corrected chi connectivity index (χ2v) is 8.41. The van der Waals surface area contributed by atoms with Crippen LogP contribution in [0.15, 0.2) is 18.2 Å². The molecule has 4 fully saturated rings. The molecule has 1 aromatic carbocycles. The van der Waals surface area contributed by atoms with E-state index in [0.29, 0.717) is 5.92 Å². The summed E-state index contributed by atoms with van der Waals surface area (Å²) < 4.78 is 12.9. The molecular formula is C18H24N4O2S. The summed E-state index contributed by atoms with van der Waals surface area (Å²) >= 11 is 1.65. The monoisotopic (exact) mass is 360 g/mol. The summed E-state index contributed by atoms with van der Waals surface area (Å²) in [7, 11) is 1.69. The highest BCUT2D eigenvalue weighted by Gasteiger charge is 2.51. The molecule has 2 unspecified atom stereocenters. The maximum atomic E-state index is 6.46. The van der Waals surface area contributed by atoms with Crippen LogP contribution >= 0.6 is 11.3 Å². The minimum atomic E-state index is -0.420. The number of benzene rings is 1. The van der Waals surface area contributed by atoms with Gasteiger partial charge in [-0.1, -0.05) is 11.3 Å². The van der Waals surface area contributed by atoms with Crippen LogP contribution in [0.1, 0.15) is 19.3 Å². The van der Waals surface area contributed by atoms with Gasteiger partial charge >= 0.3 is 0 Å². The Morgan fingerprint density at radius 1 is 1.32 bits per heavy atom. The SMILES string of the molecule is COc1ccc2nc(N3CCC4(CN5CCC4CC5)OC3N)sc2c1. The van der Waals surface area contributed by atoms with E-state index >= 15 is 0 Å². The Morgan fingerprint density at radius 2 is 2.16 bits per heavy atom. The quantitative estimate of drug-likeness (QED) is 0.886. The molecule has 0 amide bonds. The number of anilines is 1. The van der Waals surface area contributed by atoms with E-state index in [2.05, 4.69) is 9.80 Å². The third kappa shape index (κ3) is 2.52. The number of nitrogens with two attached hydrogens (primary N) is 1. The maximum Gasteiger partial charge on any atom is 0.189 e. The summed E-state index contributed by atoms with van der Waals surface area (Å²) in [6, 6.07) is 5.97. The summed E-state index contributed by atoms with van der Waals surface area (Å²) in [6.45, 7) is 4.38. The number of hydrogen-bond acceptors (Lipinski definition) is 7. The molecule has 4 aliphatic heterocycles. The summed E-state index contributed by atoms with van der Waals surface area (Å²) in [5.74, 6) is 1.51. The molecule has 7 heteroatoms. The Morgan fingerprint density at radius 3 is 2.84 bits per heavy atom. The molecule has 0 saturated carbocycles. The van der Waals surface area contributed by atoms with Gasteiger partial charge in [-0.25, -0.2) is 4.98 Å². The summed E-state index contributed by atoms with van der Waals surface area (Å²) in [6.07, 6.45) is 3.10. The average molecular weight is 360 g/mol. The van der Waals surface area contributed by atoms with Crippen LogP contribution in [0.25, 0.3) is 10.2 Å². The first kappa shape index (κ1) is 15.8. The molecule has 5 heterocycles. The fourth-order valence-corrected chi connectivity index (χ4v) is 5.73. The topological polar surface area (TPSA) is 63.8 Å². The van der Waals surface area contributed by atoms with Gasteiger partial charge in [-0.05, 0) is 56.5 Å². The zero-order valence-corrected chi connectivity index (χ0v) is 15.3. The molecule has 2 N–H and O–H groups in total. The highest BCUT2D eigenvalue weighted by Crippen LogP contribution is 2.44. The molecule has 2 aromatic rings. The molecule has 1 spiro atoms. The smallest absolute Gasteiger partial charge is 0.189 e. The van der Waals surface area contributed by atoms with Crippen molar-refractivity contribution in [2.24, 2.45) is 11.7 Å². The largest absolute Gasteiger partial charge is 0.497 e. The van der Waals surface area contributed by atoms with E-state index in [-0.39, 0.29) is 5.60 Å². The summed E-state index contributed by atoms with van der Waals surface area (Å²) in [5.41, 5.74) is 7.39. The molecule has 2 atom stereocenters. The Hall–Kier alpha value is -1.41. The number of hydrogen-bond donors (Lipinski definition) is 1. The standard InChI is InChI=1S/C18H24N4O2S/c1-23-13-2-3-14-15(10-13)25-17(20-14)22-9-6-18(24-16(22)19)11-21-7-4-12(18)5-8-21/h2-3,10,12,16H,4-9,11,19H2,1H3. The predicted octanol–water partition coefficient (Wildman–Crippen LogP) is 2.24. The van der Waals surface area contributed by atoms with Crippen molar-refractivity contribution >= 4 is 26.7 Å².